The van der Waals surface area contributed by atoms with E-state index >= 15 is 0 Å². The van der Waals surface area contributed by atoms with Gasteiger partial charge in [-0.3, -0.25) is 0 Å². The van der Waals surface area contributed by atoms with Gasteiger partial charge < -0.3 is 5.01 Å². The van der Waals surface area contributed by atoms with E-state index in [2.05, 4.69) is 23.6 Å². The van der Waals surface area contributed by atoms with Crippen molar-refractivity contribution >= 4 is 0 Å². The normalized spacial score (nSPS) is 26.1. The lowest BCUT2D eigenvalue weighted by molar-refractivity contribution is 0.272. The molecule has 1 aliphatic heterocycles. The van der Waals surface area contributed by atoms with Gasteiger partial charge in [-0.25, -0.2) is 5.43 Å². The van der Waals surface area contributed by atoms with Crippen molar-refractivity contribution in [2.24, 2.45) is 5.92 Å². The summed E-state index contributed by atoms with van der Waals surface area (Å²) in [5, 5.41) is 2.20. The van der Waals surface area contributed by atoms with E-state index in [1.165, 1.54) is 37.8 Å². The number of hydrogen-bond donors (Lipinski definition) is 1. The Bertz CT molecular complexity index is 180. The minimum absolute atomic E-state index is 0.846. The molecule has 68 valence electrons. The SMILES string of the molecule is CN1NCC=C1C1CCCCC1. The van der Waals surface area contributed by atoms with Gasteiger partial charge in [-0.15, -0.1) is 0 Å². The molecule has 0 saturated heterocycles. The Kier molecular flexibility index (Phi) is 2.35. The maximum absolute atomic E-state index is 3.31. The zero-order valence-corrected chi connectivity index (χ0v) is 7.84. The average molecular weight is 166 g/mol. The summed E-state index contributed by atoms with van der Waals surface area (Å²) in [4.78, 5) is 0. The fraction of sp³-hybridized carbons (Fsp3) is 0.800. The molecule has 1 aliphatic carbocycles. The van der Waals surface area contributed by atoms with Crippen LogP contribution in [0.5, 0.6) is 0 Å². The van der Waals surface area contributed by atoms with Crippen molar-refractivity contribution in [1.29, 1.82) is 0 Å². The molecule has 1 fully saturated rings. The molecule has 0 unspecified atom stereocenters. The maximum Gasteiger partial charge on any atom is 0.0351 e. The molecule has 12 heavy (non-hydrogen) atoms. The van der Waals surface area contributed by atoms with Crippen molar-refractivity contribution in [3.05, 3.63) is 11.8 Å². The molecule has 0 spiro atoms. The van der Waals surface area contributed by atoms with Gasteiger partial charge in [-0.2, -0.15) is 0 Å². The average Bonchev–Trinajstić information content (AvgIpc) is 2.53. The van der Waals surface area contributed by atoms with E-state index in [1.807, 2.05) is 0 Å². The summed E-state index contributed by atoms with van der Waals surface area (Å²) in [6, 6.07) is 0. The predicted molar refractivity (Wildman–Crippen MR) is 50.4 cm³/mol. The van der Waals surface area contributed by atoms with Gasteiger partial charge in [0.25, 0.3) is 0 Å². The highest BCUT2D eigenvalue weighted by molar-refractivity contribution is 5.10. The van der Waals surface area contributed by atoms with Gasteiger partial charge in [0.2, 0.25) is 0 Å². The first-order valence-corrected chi connectivity index (χ1v) is 5.05. The summed E-state index contributed by atoms with van der Waals surface area (Å²) >= 11 is 0. The Labute approximate surface area is 74.6 Å². The lowest BCUT2D eigenvalue weighted by atomic mass is 9.87. The highest BCUT2D eigenvalue weighted by atomic mass is 15.5. The van der Waals surface area contributed by atoms with Gasteiger partial charge >= 0.3 is 0 Å². The van der Waals surface area contributed by atoms with Crippen LogP contribution in [0.1, 0.15) is 32.1 Å². The zero-order chi connectivity index (χ0) is 8.39. The van der Waals surface area contributed by atoms with Crippen LogP contribution in [0, 0.1) is 5.92 Å². The largest absolute Gasteiger partial charge is 0.315 e. The van der Waals surface area contributed by atoms with Crippen LogP contribution in [0.4, 0.5) is 0 Å². The molecule has 0 amide bonds. The number of hydrogen-bond acceptors (Lipinski definition) is 2. The first-order chi connectivity index (χ1) is 5.88. The monoisotopic (exact) mass is 166 g/mol. The minimum Gasteiger partial charge on any atom is -0.315 e. The van der Waals surface area contributed by atoms with Gasteiger partial charge in [0.1, 0.15) is 0 Å². The Hall–Kier alpha value is -0.500. The molecule has 0 atom stereocenters. The Morgan fingerprint density at radius 3 is 2.67 bits per heavy atom. The third kappa shape index (κ3) is 1.48. The highest BCUT2D eigenvalue weighted by Gasteiger charge is 2.22. The van der Waals surface area contributed by atoms with Crippen molar-refractivity contribution in [2.45, 2.75) is 32.1 Å². The molecule has 0 aromatic heterocycles. The molecule has 0 radical (unpaired) electrons. The van der Waals surface area contributed by atoms with Crippen molar-refractivity contribution in [3.63, 3.8) is 0 Å². The predicted octanol–water partition coefficient (Wildman–Crippen LogP) is 1.90. The van der Waals surface area contributed by atoms with E-state index in [4.69, 9.17) is 0 Å². The summed E-state index contributed by atoms with van der Waals surface area (Å²) in [5.41, 5.74) is 4.84. The van der Waals surface area contributed by atoms with Gasteiger partial charge in [-0.05, 0) is 24.8 Å². The lowest BCUT2D eigenvalue weighted by Crippen LogP contribution is -2.30. The summed E-state index contributed by atoms with van der Waals surface area (Å²) < 4.78 is 0. The van der Waals surface area contributed by atoms with Crippen LogP contribution >= 0.6 is 0 Å². The van der Waals surface area contributed by atoms with E-state index in [9.17, 15) is 0 Å². The molecule has 0 bridgehead atoms. The van der Waals surface area contributed by atoms with Crippen LogP contribution in [-0.2, 0) is 0 Å². The van der Waals surface area contributed by atoms with Crippen molar-refractivity contribution < 1.29 is 0 Å². The van der Waals surface area contributed by atoms with Crippen LogP contribution in [0.15, 0.2) is 11.8 Å². The minimum atomic E-state index is 0.846. The van der Waals surface area contributed by atoms with Crippen LogP contribution in [-0.4, -0.2) is 18.6 Å². The second kappa shape index (κ2) is 3.48. The highest BCUT2D eigenvalue weighted by Crippen LogP contribution is 2.31. The summed E-state index contributed by atoms with van der Waals surface area (Å²) in [6.07, 6.45) is 9.44. The van der Waals surface area contributed by atoms with E-state index in [-0.39, 0.29) is 0 Å². The first-order valence-electron chi connectivity index (χ1n) is 5.05. The van der Waals surface area contributed by atoms with Crippen molar-refractivity contribution in [2.75, 3.05) is 13.6 Å². The Morgan fingerprint density at radius 2 is 2.08 bits per heavy atom. The molecule has 1 heterocycles. The molecule has 2 rings (SSSR count). The number of hydrazine groups is 1. The van der Waals surface area contributed by atoms with Gasteiger partial charge in [0, 0.05) is 19.3 Å². The van der Waals surface area contributed by atoms with Crippen LogP contribution in [0.2, 0.25) is 0 Å². The lowest BCUT2D eigenvalue weighted by Gasteiger charge is -2.27. The quantitative estimate of drug-likeness (QED) is 0.640. The number of nitrogens with one attached hydrogen (secondary N) is 1. The van der Waals surface area contributed by atoms with Crippen molar-refractivity contribution in [1.82, 2.24) is 10.4 Å². The first kappa shape index (κ1) is 8.11. The molecule has 1 saturated carbocycles. The van der Waals surface area contributed by atoms with E-state index in [0.29, 0.717) is 0 Å². The molecule has 2 heteroatoms. The fourth-order valence-electron chi connectivity index (χ4n) is 2.35. The molecule has 2 nitrogen and oxygen atoms in total. The Morgan fingerprint density at radius 1 is 1.33 bits per heavy atom. The molecule has 0 aromatic carbocycles. The van der Waals surface area contributed by atoms with Crippen molar-refractivity contribution in [3.8, 4) is 0 Å². The summed E-state index contributed by atoms with van der Waals surface area (Å²) in [7, 11) is 2.13. The molecule has 1 N–H and O–H groups in total. The standard InChI is InChI=1S/C10H18N2/c1-12-10(7-8-11-12)9-5-3-2-4-6-9/h7,9,11H,2-6,8H2,1H3. The summed E-state index contributed by atoms with van der Waals surface area (Å²) in [6.45, 7) is 1.03. The Balaban J connectivity index is 1.97. The van der Waals surface area contributed by atoms with Gasteiger partial charge in [0.15, 0.2) is 0 Å². The van der Waals surface area contributed by atoms with Crippen LogP contribution < -0.4 is 5.43 Å². The third-order valence-corrected chi connectivity index (χ3v) is 3.05. The van der Waals surface area contributed by atoms with E-state index in [0.717, 1.165) is 12.5 Å². The smallest absolute Gasteiger partial charge is 0.0351 e. The third-order valence-electron chi connectivity index (χ3n) is 3.05. The molecular weight excluding hydrogens is 148 g/mol. The molecule has 2 aliphatic rings. The van der Waals surface area contributed by atoms with Gasteiger partial charge in [0.05, 0.1) is 0 Å². The number of allylic oxidation sites excluding steroid dienone is 1. The summed E-state index contributed by atoms with van der Waals surface area (Å²) in [5.74, 6) is 0.846. The van der Waals surface area contributed by atoms with Crippen LogP contribution in [0.3, 0.4) is 0 Å². The van der Waals surface area contributed by atoms with E-state index in [1.54, 1.807) is 0 Å². The molecular formula is C10H18N2. The topological polar surface area (TPSA) is 15.3 Å². The number of rotatable bonds is 1. The van der Waals surface area contributed by atoms with Crippen LogP contribution in [0.25, 0.3) is 0 Å². The second-order valence-electron chi connectivity index (χ2n) is 3.89. The zero-order valence-electron chi connectivity index (χ0n) is 7.84. The molecule has 0 aromatic rings. The maximum atomic E-state index is 3.31. The van der Waals surface area contributed by atoms with E-state index < -0.39 is 0 Å². The number of nitrogens with zero attached hydrogens (tertiary/aromatic N) is 1. The fourth-order valence-corrected chi connectivity index (χ4v) is 2.35. The second-order valence-corrected chi connectivity index (χ2v) is 3.89. The van der Waals surface area contributed by atoms with Gasteiger partial charge in [-0.1, -0.05) is 19.3 Å².